The van der Waals surface area contributed by atoms with Gasteiger partial charge in [0.15, 0.2) is 5.82 Å². The molecule has 162 valence electrons. The average Bonchev–Trinajstić information content (AvgIpc) is 3.19. The largest absolute Gasteiger partial charge is 0.352 e. The second-order valence-corrected chi connectivity index (χ2v) is 7.84. The Balaban J connectivity index is 1.45. The Morgan fingerprint density at radius 2 is 1.94 bits per heavy atom. The molecule has 2 aromatic heterocycles. The highest BCUT2D eigenvalue weighted by molar-refractivity contribution is 5.76. The van der Waals surface area contributed by atoms with Crippen LogP contribution in [0.4, 0.5) is 10.2 Å². The summed E-state index contributed by atoms with van der Waals surface area (Å²) in [6.45, 7) is 6.80. The van der Waals surface area contributed by atoms with Crippen molar-refractivity contribution in [1.29, 1.82) is 0 Å². The van der Waals surface area contributed by atoms with E-state index < -0.39 is 0 Å². The molecule has 1 aliphatic rings. The first kappa shape index (κ1) is 21.0. The molecule has 8 heteroatoms. The van der Waals surface area contributed by atoms with Crippen molar-refractivity contribution in [1.82, 2.24) is 24.9 Å². The Kier molecular flexibility index (Phi) is 6.25. The number of carbonyl (C=O) groups is 1. The summed E-state index contributed by atoms with van der Waals surface area (Å²) in [4.78, 5) is 17.0. The van der Waals surface area contributed by atoms with Gasteiger partial charge in [0.1, 0.15) is 12.4 Å². The van der Waals surface area contributed by atoms with Crippen molar-refractivity contribution in [2.75, 3.05) is 31.1 Å². The van der Waals surface area contributed by atoms with Crippen molar-refractivity contribution >= 4 is 11.7 Å². The number of piperazine rings is 1. The molecule has 0 saturated carbocycles. The molecule has 3 aromatic rings. The smallest absolute Gasteiger partial charge is 0.244 e. The molecule has 1 fully saturated rings. The van der Waals surface area contributed by atoms with Crippen LogP contribution in [-0.4, -0.2) is 57.0 Å². The predicted octanol–water partition coefficient (Wildman–Crippen LogP) is 3.09. The van der Waals surface area contributed by atoms with Crippen molar-refractivity contribution in [3.8, 4) is 11.3 Å². The molecular weight excluding hydrogens is 395 g/mol. The molecule has 0 N–H and O–H groups in total. The Labute approximate surface area is 181 Å². The molecule has 7 nitrogen and oxygen atoms in total. The van der Waals surface area contributed by atoms with Crippen LogP contribution in [0.1, 0.15) is 24.6 Å². The van der Waals surface area contributed by atoms with E-state index in [4.69, 9.17) is 0 Å². The van der Waals surface area contributed by atoms with E-state index in [0.717, 1.165) is 48.7 Å². The van der Waals surface area contributed by atoms with Crippen LogP contribution in [0.15, 0.2) is 42.6 Å². The van der Waals surface area contributed by atoms with Crippen molar-refractivity contribution in [3.63, 3.8) is 0 Å². The maximum Gasteiger partial charge on any atom is 0.244 e. The van der Waals surface area contributed by atoms with E-state index in [2.05, 4.69) is 27.1 Å². The molecule has 3 heterocycles. The first-order valence-electron chi connectivity index (χ1n) is 10.7. The molecule has 0 spiro atoms. The normalized spacial score (nSPS) is 14.2. The number of anilines is 1. The quantitative estimate of drug-likeness (QED) is 0.611. The summed E-state index contributed by atoms with van der Waals surface area (Å²) in [5, 5.41) is 12.8. The molecule has 31 heavy (non-hydrogen) atoms. The second kappa shape index (κ2) is 9.24. The first-order chi connectivity index (χ1) is 15.0. The number of amides is 1. The van der Waals surface area contributed by atoms with E-state index in [0.29, 0.717) is 18.7 Å². The summed E-state index contributed by atoms with van der Waals surface area (Å²) in [6, 6.07) is 10.8. The van der Waals surface area contributed by atoms with E-state index in [1.54, 1.807) is 29.9 Å². The highest BCUT2D eigenvalue weighted by Crippen LogP contribution is 2.23. The van der Waals surface area contributed by atoms with Crippen LogP contribution in [0.2, 0.25) is 0 Å². The molecule has 1 aliphatic heterocycles. The summed E-state index contributed by atoms with van der Waals surface area (Å²) < 4.78 is 15.4. The highest BCUT2D eigenvalue weighted by Gasteiger charge is 2.23. The van der Waals surface area contributed by atoms with Crippen molar-refractivity contribution < 1.29 is 9.18 Å². The predicted molar refractivity (Wildman–Crippen MR) is 117 cm³/mol. The van der Waals surface area contributed by atoms with E-state index in [1.165, 1.54) is 6.07 Å². The third-order valence-corrected chi connectivity index (χ3v) is 5.62. The number of aromatic nitrogens is 4. The zero-order valence-corrected chi connectivity index (χ0v) is 18.0. The lowest BCUT2D eigenvalue weighted by atomic mass is 10.1. The summed E-state index contributed by atoms with van der Waals surface area (Å²) >= 11 is 0. The number of hydrogen-bond donors (Lipinski definition) is 0. The number of benzene rings is 1. The Hall–Kier alpha value is -3.29. The van der Waals surface area contributed by atoms with Crippen LogP contribution >= 0.6 is 0 Å². The molecule has 0 atom stereocenters. The minimum absolute atomic E-state index is 0.0566. The number of rotatable bonds is 6. The zero-order valence-electron chi connectivity index (χ0n) is 18.0. The minimum Gasteiger partial charge on any atom is -0.352 e. The molecule has 0 aliphatic carbocycles. The van der Waals surface area contributed by atoms with Crippen LogP contribution in [0.25, 0.3) is 11.3 Å². The van der Waals surface area contributed by atoms with Crippen molar-refractivity contribution in [2.45, 2.75) is 33.2 Å². The number of nitrogens with zero attached hydrogens (tertiary/aromatic N) is 6. The lowest BCUT2D eigenvalue weighted by Gasteiger charge is -2.35. The Morgan fingerprint density at radius 1 is 1.13 bits per heavy atom. The third-order valence-electron chi connectivity index (χ3n) is 5.62. The van der Waals surface area contributed by atoms with Gasteiger partial charge in [-0.1, -0.05) is 13.3 Å². The van der Waals surface area contributed by atoms with Gasteiger partial charge >= 0.3 is 0 Å². The molecule has 1 aromatic carbocycles. The molecule has 0 bridgehead atoms. The van der Waals surface area contributed by atoms with E-state index in [1.807, 2.05) is 23.1 Å². The number of aryl methyl sites for hydroxylation is 2. The molecule has 4 rings (SSSR count). The van der Waals surface area contributed by atoms with Gasteiger partial charge in [0.2, 0.25) is 5.91 Å². The van der Waals surface area contributed by atoms with Gasteiger partial charge in [0, 0.05) is 43.6 Å². The minimum atomic E-state index is -0.229. The van der Waals surface area contributed by atoms with Gasteiger partial charge in [-0.15, -0.1) is 5.10 Å². The molecule has 0 unspecified atom stereocenters. The van der Waals surface area contributed by atoms with Gasteiger partial charge < -0.3 is 9.80 Å². The van der Waals surface area contributed by atoms with Gasteiger partial charge in [0.05, 0.1) is 5.69 Å². The van der Waals surface area contributed by atoms with Gasteiger partial charge in [-0.3, -0.25) is 9.48 Å². The summed E-state index contributed by atoms with van der Waals surface area (Å²) in [5.41, 5.74) is 3.24. The maximum atomic E-state index is 13.6. The average molecular weight is 423 g/mol. The monoisotopic (exact) mass is 422 g/mol. The standard InChI is InChI=1S/C23H27FN6O/c1-3-5-19-15-21(18-7-8-20(24)17(2)14-18)27-30(19)16-23(31)29-12-10-28(11-13-29)22-6-4-9-25-26-22/h4,6-9,14-15H,3,5,10-13,16H2,1-2H3. The van der Waals surface area contributed by atoms with Crippen molar-refractivity contribution in [2.24, 2.45) is 0 Å². The molecule has 1 amide bonds. The fourth-order valence-electron chi connectivity index (χ4n) is 3.87. The van der Waals surface area contributed by atoms with Crippen LogP contribution in [0.5, 0.6) is 0 Å². The molecule has 1 saturated heterocycles. The van der Waals surface area contributed by atoms with Gasteiger partial charge in [-0.2, -0.15) is 10.2 Å². The number of halogens is 1. The topological polar surface area (TPSA) is 67.2 Å². The first-order valence-corrected chi connectivity index (χ1v) is 10.7. The summed E-state index contributed by atoms with van der Waals surface area (Å²) in [7, 11) is 0. The zero-order chi connectivity index (χ0) is 21.8. The molecular formula is C23H27FN6O. The summed E-state index contributed by atoms with van der Waals surface area (Å²) in [6.07, 6.45) is 3.45. The van der Waals surface area contributed by atoms with Crippen LogP contribution in [0, 0.1) is 12.7 Å². The summed E-state index contributed by atoms with van der Waals surface area (Å²) in [5.74, 6) is 0.667. The SMILES string of the molecule is CCCc1cc(-c2ccc(F)c(C)c2)nn1CC(=O)N1CCN(c2cccnn2)CC1. The van der Waals surface area contributed by atoms with Crippen LogP contribution in [0.3, 0.4) is 0 Å². The van der Waals surface area contributed by atoms with Crippen LogP contribution < -0.4 is 4.90 Å². The number of hydrogen-bond acceptors (Lipinski definition) is 5. The third kappa shape index (κ3) is 4.73. The van der Waals surface area contributed by atoms with Crippen molar-refractivity contribution in [3.05, 3.63) is 59.7 Å². The van der Waals surface area contributed by atoms with Gasteiger partial charge in [-0.05, 0) is 55.3 Å². The highest BCUT2D eigenvalue weighted by atomic mass is 19.1. The maximum absolute atomic E-state index is 13.6. The second-order valence-electron chi connectivity index (χ2n) is 7.84. The Morgan fingerprint density at radius 3 is 2.61 bits per heavy atom. The lowest BCUT2D eigenvalue weighted by molar-refractivity contribution is -0.132. The Bertz CT molecular complexity index is 1040. The lowest BCUT2D eigenvalue weighted by Crippen LogP contribution is -2.50. The molecule has 0 radical (unpaired) electrons. The fraction of sp³-hybridized carbons (Fsp3) is 0.391. The van der Waals surface area contributed by atoms with Crippen LogP contribution in [-0.2, 0) is 17.8 Å². The van der Waals surface area contributed by atoms with Gasteiger partial charge in [-0.25, -0.2) is 4.39 Å². The van der Waals surface area contributed by atoms with E-state index in [-0.39, 0.29) is 18.3 Å². The van der Waals surface area contributed by atoms with Gasteiger partial charge in [0.25, 0.3) is 0 Å². The fourth-order valence-corrected chi connectivity index (χ4v) is 3.87. The number of carbonyl (C=O) groups excluding carboxylic acids is 1. The van der Waals surface area contributed by atoms with E-state index >= 15 is 0 Å². The van der Waals surface area contributed by atoms with E-state index in [9.17, 15) is 9.18 Å².